The maximum absolute atomic E-state index is 13.1. The van der Waals surface area contributed by atoms with Crippen molar-refractivity contribution in [3.8, 4) is 11.5 Å². The molecule has 0 saturated carbocycles. The number of nitrogens with zero attached hydrogens (tertiary/aromatic N) is 2. The first-order chi connectivity index (χ1) is 18.2. The van der Waals surface area contributed by atoms with Crippen molar-refractivity contribution >= 4 is 31.7 Å². The molecule has 2 aromatic carbocycles. The Morgan fingerprint density at radius 1 is 0.750 bits per heavy atom. The van der Waals surface area contributed by atoms with E-state index in [1.54, 1.807) is 0 Å². The van der Waals surface area contributed by atoms with Crippen molar-refractivity contribution in [2.24, 2.45) is 10.3 Å². The highest BCUT2D eigenvalue weighted by Crippen LogP contribution is 2.25. The van der Waals surface area contributed by atoms with Gasteiger partial charge in [-0.25, -0.2) is 0 Å². The van der Waals surface area contributed by atoms with Gasteiger partial charge in [0, 0.05) is 17.5 Å². The Hall–Kier alpha value is -3.58. The van der Waals surface area contributed by atoms with Gasteiger partial charge in [0.25, 0.3) is 10.1 Å². The van der Waals surface area contributed by atoms with Gasteiger partial charge in [-0.3, -0.25) is 8.84 Å². The van der Waals surface area contributed by atoms with Crippen LogP contribution in [0.3, 0.4) is 0 Å². The number of hydrogen-bond acceptors (Lipinski definition) is 10. The second kappa shape index (κ2) is 14.2. The molecule has 0 radical (unpaired) electrons. The van der Waals surface area contributed by atoms with Gasteiger partial charge in [-0.1, -0.05) is 10.3 Å². The number of benzene rings is 2. The smallest absolute Gasteiger partial charge is 0.437 e. The zero-order valence-electron chi connectivity index (χ0n) is 20.5. The molecule has 2 N–H and O–H groups in total. The summed E-state index contributed by atoms with van der Waals surface area (Å²) >= 11 is 0. The van der Waals surface area contributed by atoms with Gasteiger partial charge >= 0.3 is 22.5 Å². The fourth-order valence-corrected chi connectivity index (χ4v) is 2.72. The highest BCUT2D eigenvalue weighted by atomic mass is 32.2. The van der Waals surface area contributed by atoms with Gasteiger partial charge in [-0.2, -0.15) is 43.2 Å². The molecule has 224 valence electrons. The van der Waals surface area contributed by atoms with Crippen LogP contribution in [0.2, 0.25) is 0 Å². The third kappa shape index (κ3) is 14.0. The minimum absolute atomic E-state index is 0.101. The van der Waals surface area contributed by atoms with Crippen LogP contribution in [-0.2, 0) is 24.5 Å². The summed E-state index contributed by atoms with van der Waals surface area (Å²) in [5, 5.41) is 13.5. The number of halogens is 6. The first kappa shape index (κ1) is 34.4. The molecular formula is C21H22F6N2O9S2. The maximum atomic E-state index is 13.1. The van der Waals surface area contributed by atoms with Gasteiger partial charge < -0.3 is 14.7 Å². The Morgan fingerprint density at radius 2 is 1.10 bits per heavy atom. The Kier molecular flexibility index (Phi) is 12.2. The minimum Gasteiger partial charge on any atom is -0.493 e. The van der Waals surface area contributed by atoms with E-state index in [0.29, 0.717) is 18.9 Å². The number of ether oxygens (including phenoxy) is 2. The minimum atomic E-state index is -4.97. The molecule has 0 aliphatic rings. The van der Waals surface area contributed by atoms with Crippen molar-refractivity contribution in [3.05, 3.63) is 59.7 Å². The molecular weight excluding hydrogens is 602 g/mol. The fourth-order valence-electron chi connectivity index (χ4n) is 2.51. The highest BCUT2D eigenvalue weighted by molar-refractivity contribution is 7.86. The Balaban J connectivity index is 0.00000146. The summed E-state index contributed by atoms with van der Waals surface area (Å²) in [7, 11) is -7.90. The molecule has 2 rings (SSSR count). The number of alkyl halides is 6. The molecule has 2 aromatic rings. The van der Waals surface area contributed by atoms with Crippen LogP contribution in [0.15, 0.2) is 58.8 Å². The van der Waals surface area contributed by atoms with Crippen molar-refractivity contribution in [2.75, 3.05) is 25.7 Å². The van der Waals surface area contributed by atoms with Crippen LogP contribution < -0.4 is 9.47 Å². The molecule has 0 fully saturated rings. The second-order valence-corrected chi connectivity index (χ2v) is 10.5. The van der Waals surface area contributed by atoms with Gasteiger partial charge in [-0.15, -0.1) is 0 Å². The van der Waals surface area contributed by atoms with Crippen molar-refractivity contribution in [3.63, 3.8) is 0 Å². The van der Waals surface area contributed by atoms with Gasteiger partial charge in [0.05, 0.1) is 25.7 Å². The average molecular weight is 625 g/mol. The van der Waals surface area contributed by atoms with Crippen LogP contribution in [0.5, 0.6) is 11.5 Å². The lowest BCUT2D eigenvalue weighted by Crippen LogP contribution is -2.24. The van der Waals surface area contributed by atoms with E-state index in [9.17, 15) is 43.2 Å². The van der Waals surface area contributed by atoms with E-state index >= 15 is 0 Å². The lowest BCUT2D eigenvalue weighted by molar-refractivity contribution is -0.0608. The largest absolute Gasteiger partial charge is 0.493 e. The molecule has 0 saturated heterocycles. The Labute approximate surface area is 224 Å². The van der Waals surface area contributed by atoms with Crippen LogP contribution in [-0.4, -0.2) is 76.1 Å². The summed E-state index contributed by atoms with van der Waals surface area (Å²) < 4.78 is 140. The quantitative estimate of drug-likeness (QED) is 0.0994. The maximum Gasteiger partial charge on any atom is 0.437 e. The predicted molar refractivity (Wildman–Crippen MR) is 129 cm³/mol. The molecule has 0 spiro atoms. The zero-order chi connectivity index (χ0) is 30.8. The normalized spacial score (nSPS) is 13.2. The number of rotatable bonds is 10. The third-order valence-electron chi connectivity index (χ3n) is 3.98. The number of oxime groups is 2. The predicted octanol–water partition coefficient (Wildman–Crippen LogP) is 4.02. The van der Waals surface area contributed by atoms with Gasteiger partial charge in [0.2, 0.25) is 0 Å². The lowest BCUT2D eigenvalue weighted by atomic mass is 10.1. The number of hydrogen-bond donors (Lipinski definition) is 2. The molecule has 40 heavy (non-hydrogen) atoms. The average Bonchev–Trinajstić information content (AvgIpc) is 2.77. The summed E-state index contributed by atoms with van der Waals surface area (Å²) in [6.45, 7) is 0.218. The topological polar surface area (TPSA) is 161 Å². The van der Waals surface area contributed by atoms with E-state index in [2.05, 4.69) is 14.6 Å². The first-order valence-corrected chi connectivity index (χ1v) is 14.1. The van der Waals surface area contributed by atoms with Crippen LogP contribution in [0.4, 0.5) is 26.3 Å². The molecule has 0 aromatic heterocycles. The standard InChI is InChI=1S/C20H18F6N2O6S.CH4O3S/c1-35(30,31)34-28-18(20(24,25)26)14-5-9-16(10-6-14)33-12-2-11-32-15-7-3-13(4-8-15)17(27-29)19(21,22)23;1-5(2,3)4/h3-10,29H,2,11-12H2,1H3;1H3,(H,2,3,4). The van der Waals surface area contributed by atoms with Crippen LogP contribution >= 0.6 is 0 Å². The van der Waals surface area contributed by atoms with Gasteiger partial charge in [0.1, 0.15) is 11.5 Å². The summed E-state index contributed by atoms with van der Waals surface area (Å²) in [6.07, 6.45) is -8.20. The third-order valence-corrected chi connectivity index (χ3v) is 4.33. The molecule has 0 atom stereocenters. The van der Waals surface area contributed by atoms with E-state index in [-0.39, 0.29) is 30.3 Å². The summed E-state index contributed by atoms with van der Waals surface area (Å²) in [5.74, 6) is 0.472. The van der Waals surface area contributed by atoms with Crippen LogP contribution in [0.25, 0.3) is 0 Å². The molecule has 0 heterocycles. The van der Waals surface area contributed by atoms with E-state index in [1.807, 2.05) is 0 Å². The summed E-state index contributed by atoms with van der Waals surface area (Å²) in [5.41, 5.74) is -3.78. The Morgan fingerprint density at radius 3 is 1.40 bits per heavy atom. The van der Waals surface area contributed by atoms with Crippen molar-refractivity contribution < 1.29 is 66.7 Å². The molecule has 11 nitrogen and oxygen atoms in total. The fraction of sp³-hybridized carbons (Fsp3) is 0.333. The van der Waals surface area contributed by atoms with Crippen molar-refractivity contribution in [1.29, 1.82) is 0 Å². The molecule has 0 aliphatic heterocycles. The molecule has 19 heteroatoms. The van der Waals surface area contributed by atoms with Crippen LogP contribution in [0.1, 0.15) is 17.5 Å². The van der Waals surface area contributed by atoms with Gasteiger partial charge in [-0.05, 0) is 48.5 Å². The molecule has 0 bridgehead atoms. The van der Waals surface area contributed by atoms with E-state index in [4.69, 9.17) is 19.2 Å². The zero-order valence-corrected chi connectivity index (χ0v) is 22.1. The van der Waals surface area contributed by atoms with E-state index < -0.39 is 49.6 Å². The monoisotopic (exact) mass is 624 g/mol. The Bertz CT molecular complexity index is 1370. The summed E-state index contributed by atoms with van der Waals surface area (Å²) in [4.78, 5) is 0. The van der Waals surface area contributed by atoms with Crippen molar-refractivity contribution in [2.45, 2.75) is 18.8 Å². The first-order valence-electron chi connectivity index (χ1n) is 10.4. The second-order valence-electron chi connectivity index (χ2n) is 7.49. The lowest BCUT2D eigenvalue weighted by Gasteiger charge is -2.12. The molecule has 0 amide bonds. The molecule has 0 unspecified atom stereocenters. The van der Waals surface area contributed by atoms with Gasteiger partial charge in [0.15, 0.2) is 11.4 Å². The summed E-state index contributed by atoms with van der Waals surface area (Å²) in [6, 6.07) is 9.17. The van der Waals surface area contributed by atoms with Crippen LogP contribution in [0, 0.1) is 0 Å². The highest BCUT2D eigenvalue weighted by Gasteiger charge is 2.38. The van der Waals surface area contributed by atoms with Crippen molar-refractivity contribution in [1.82, 2.24) is 0 Å². The SMILES string of the molecule is CS(=O)(=O)O.CS(=O)(=O)ON=C(c1ccc(OCCCOc2ccc(C(=NO)C(F)(F)F)cc2)cc1)C(F)(F)F. The van der Waals surface area contributed by atoms with E-state index in [0.717, 1.165) is 24.3 Å². The molecule has 0 aliphatic carbocycles. The van der Waals surface area contributed by atoms with E-state index in [1.165, 1.54) is 24.3 Å².